The Labute approximate surface area is 130 Å². The van der Waals surface area contributed by atoms with Crippen LogP contribution in [0.4, 0.5) is 0 Å². The molecule has 0 aliphatic heterocycles. The van der Waals surface area contributed by atoms with Crippen LogP contribution in [0.1, 0.15) is 22.5 Å². The quantitative estimate of drug-likeness (QED) is 0.445. The van der Waals surface area contributed by atoms with Crippen LogP contribution < -0.4 is 0 Å². The molecule has 4 rings (SSSR count). The molecule has 2 nitrogen and oxygen atoms in total. The molecule has 2 heterocycles. The maximum Gasteiger partial charge on any atom is 0.160 e. The molecule has 0 unspecified atom stereocenters. The standard InChI is InChI=1S/C20H19NO/c1-12-8-7-9-13(2)18(12)21-17-11-6-5-10-16(17)20-19(21)14(3)15(4)22-20/h5-11H,1-4H3. The molecule has 0 aliphatic carbocycles. The lowest BCUT2D eigenvalue weighted by atomic mass is 10.1. The van der Waals surface area contributed by atoms with E-state index in [-0.39, 0.29) is 0 Å². The molecule has 0 atom stereocenters. The van der Waals surface area contributed by atoms with E-state index in [2.05, 4.69) is 67.8 Å². The Hall–Kier alpha value is -2.48. The normalized spacial score (nSPS) is 11.6. The van der Waals surface area contributed by atoms with Crippen molar-refractivity contribution in [1.82, 2.24) is 4.57 Å². The molecule has 4 aromatic rings. The van der Waals surface area contributed by atoms with E-state index in [9.17, 15) is 0 Å². The highest BCUT2D eigenvalue weighted by atomic mass is 16.3. The first-order chi connectivity index (χ1) is 10.6. The third-order valence-electron chi connectivity index (χ3n) is 4.63. The fourth-order valence-electron chi connectivity index (χ4n) is 3.44. The molecule has 0 fully saturated rings. The highest BCUT2D eigenvalue weighted by Crippen LogP contribution is 2.38. The fourth-order valence-corrected chi connectivity index (χ4v) is 3.44. The minimum atomic E-state index is 0.994. The Kier molecular flexibility index (Phi) is 2.70. The van der Waals surface area contributed by atoms with Crippen LogP contribution in [0.3, 0.4) is 0 Å². The van der Waals surface area contributed by atoms with Crippen LogP contribution in [0.2, 0.25) is 0 Å². The Morgan fingerprint density at radius 1 is 0.818 bits per heavy atom. The average molecular weight is 289 g/mol. The summed E-state index contributed by atoms with van der Waals surface area (Å²) in [6, 6.07) is 14.9. The molecule has 0 saturated heterocycles. The number of benzene rings is 2. The molecule has 0 N–H and O–H groups in total. The van der Waals surface area contributed by atoms with Crippen LogP contribution in [-0.2, 0) is 0 Å². The van der Waals surface area contributed by atoms with E-state index in [1.807, 2.05) is 6.92 Å². The number of hydrogen-bond donors (Lipinski definition) is 0. The van der Waals surface area contributed by atoms with Gasteiger partial charge in [-0.3, -0.25) is 0 Å². The number of rotatable bonds is 1. The third-order valence-corrected chi connectivity index (χ3v) is 4.63. The van der Waals surface area contributed by atoms with E-state index in [1.165, 1.54) is 38.8 Å². The summed E-state index contributed by atoms with van der Waals surface area (Å²) in [5, 5.41) is 1.18. The zero-order valence-electron chi connectivity index (χ0n) is 13.4. The van der Waals surface area contributed by atoms with Gasteiger partial charge >= 0.3 is 0 Å². The van der Waals surface area contributed by atoms with Gasteiger partial charge in [0.25, 0.3) is 0 Å². The molecule has 22 heavy (non-hydrogen) atoms. The first-order valence-corrected chi connectivity index (χ1v) is 7.65. The number of aromatic nitrogens is 1. The van der Waals surface area contributed by atoms with E-state index in [4.69, 9.17) is 4.42 Å². The second kappa shape index (κ2) is 4.51. The molecule has 0 spiro atoms. The van der Waals surface area contributed by atoms with Crippen molar-refractivity contribution in [3.05, 3.63) is 64.9 Å². The Balaban J connectivity index is 2.29. The maximum atomic E-state index is 6.07. The van der Waals surface area contributed by atoms with Crippen molar-refractivity contribution in [3.8, 4) is 5.69 Å². The van der Waals surface area contributed by atoms with Gasteiger partial charge in [0.2, 0.25) is 0 Å². The van der Waals surface area contributed by atoms with Gasteiger partial charge in [0.1, 0.15) is 5.76 Å². The molecule has 0 bridgehead atoms. The van der Waals surface area contributed by atoms with Crippen LogP contribution >= 0.6 is 0 Å². The molecule has 0 amide bonds. The lowest BCUT2D eigenvalue weighted by Crippen LogP contribution is -2.00. The van der Waals surface area contributed by atoms with E-state index >= 15 is 0 Å². The van der Waals surface area contributed by atoms with Gasteiger partial charge in [0.15, 0.2) is 5.58 Å². The second-order valence-corrected chi connectivity index (χ2v) is 6.05. The fraction of sp³-hybridized carbons (Fsp3) is 0.200. The second-order valence-electron chi connectivity index (χ2n) is 6.05. The van der Waals surface area contributed by atoms with Crippen LogP contribution in [0.15, 0.2) is 46.9 Å². The lowest BCUT2D eigenvalue weighted by molar-refractivity contribution is 0.578. The largest absolute Gasteiger partial charge is 0.459 e. The number of para-hydroxylation sites is 2. The Morgan fingerprint density at radius 2 is 1.50 bits per heavy atom. The summed E-state index contributed by atoms with van der Waals surface area (Å²) in [5.74, 6) is 0.996. The number of aryl methyl sites for hydroxylation is 4. The summed E-state index contributed by atoms with van der Waals surface area (Å²) in [4.78, 5) is 0. The van der Waals surface area contributed by atoms with Crippen molar-refractivity contribution in [2.24, 2.45) is 0 Å². The minimum absolute atomic E-state index is 0.994. The van der Waals surface area contributed by atoms with Gasteiger partial charge in [0.05, 0.1) is 16.7 Å². The SMILES string of the molecule is Cc1cccc(C)c1-n1c2ccccc2c2oc(C)c(C)c21. The van der Waals surface area contributed by atoms with Crippen LogP contribution in [0.25, 0.3) is 27.7 Å². The van der Waals surface area contributed by atoms with Gasteiger partial charge in [-0.25, -0.2) is 0 Å². The first kappa shape index (κ1) is 13.2. The van der Waals surface area contributed by atoms with Gasteiger partial charge in [-0.05, 0) is 51.0 Å². The van der Waals surface area contributed by atoms with Gasteiger partial charge in [-0.1, -0.05) is 30.3 Å². The van der Waals surface area contributed by atoms with E-state index in [1.54, 1.807) is 0 Å². The van der Waals surface area contributed by atoms with E-state index < -0.39 is 0 Å². The molecule has 0 saturated carbocycles. The maximum absolute atomic E-state index is 6.07. The zero-order chi connectivity index (χ0) is 15.4. The topological polar surface area (TPSA) is 18.1 Å². The molecule has 2 aromatic heterocycles. The van der Waals surface area contributed by atoms with Crippen LogP contribution in [-0.4, -0.2) is 4.57 Å². The molecule has 0 aliphatic rings. The van der Waals surface area contributed by atoms with Crippen LogP contribution in [0.5, 0.6) is 0 Å². The highest BCUT2D eigenvalue weighted by Gasteiger charge is 2.20. The third kappa shape index (κ3) is 1.61. The smallest absolute Gasteiger partial charge is 0.160 e. The highest BCUT2D eigenvalue weighted by molar-refractivity contribution is 6.07. The molecule has 2 aromatic carbocycles. The summed E-state index contributed by atoms with van der Waals surface area (Å²) in [6.07, 6.45) is 0. The van der Waals surface area contributed by atoms with Crippen molar-refractivity contribution >= 4 is 22.0 Å². The number of hydrogen-bond acceptors (Lipinski definition) is 1. The molecule has 2 heteroatoms. The molecular formula is C20H19NO. The average Bonchev–Trinajstić information content (AvgIpc) is 2.96. The summed E-state index contributed by atoms with van der Waals surface area (Å²) < 4.78 is 8.44. The monoisotopic (exact) mass is 289 g/mol. The molecule has 0 radical (unpaired) electrons. The zero-order valence-corrected chi connectivity index (χ0v) is 13.4. The van der Waals surface area contributed by atoms with Crippen molar-refractivity contribution in [2.75, 3.05) is 0 Å². The number of fused-ring (bicyclic) bond motifs is 3. The van der Waals surface area contributed by atoms with Crippen molar-refractivity contribution < 1.29 is 4.42 Å². The number of furan rings is 1. The Bertz CT molecular complexity index is 997. The van der Waals surface area contributed by atoms with E-state index in [0.717, 1.165) is 11.3 Å². The lowest BCUT2D eigenvalue weighted by Gasteiger charge is -2.14. The van der Waals surface area contributed by atoms with E-state index in [0.29, 0.717) is 0 Å². The predicted octanol–water partition coefficient (Wildman–Crippen LogP) is 5.61. The van der Waals surface area contributed by atoms with Gasteiger partial charge < -0.3 is 8.98 Å². The minimum Gasteiger partial charge on any atom is -0.459 e. The molecule has 110 valence electrons. The molecular weight excluding hydrogens is 270 g/mol. The predicted molar refractivity (Wildman–Crippen MR) is 92.0 cm³/mol. The summed E-state index contributed by atoms with van der Waals surface area (Å²) >= 11 is 0. The van der Waals surface area contributed by atoms with Gasteiger partial charge in [0, 0.05) is 10.9 Å². The van der Waals surface area contributed by atoms with Crippen molar-refractivity contribution in [1.29, 1.82) is 0 Å². The summed E-state index contributed by atoms with van der Waals surface area (Å²) in [6.45, 7) is 8.53. The first-order valence-electron chi connectivity index (χ1n) is 7.65. The summed E-state index contributed by atoms with van der Waals surface area (Å²) in [7, 11) is 0. The number of nitrogens with zero attached hydrogens (tertiary/aromatic N) is 1. The van der Waals surface area contributed by atoms with Crippen molar-refractivity contribution in [3.63, 3.8) is 0 Å². The van der Waals surface area contributed by atoms with Crippen molar-refractivity contribution in [2.45, 2.75) is 27.7 Å². The Morgan fingerprint density at radius 3 is 2.23 bits per heavy atom. The van der Waals surface area contributed by atoms with Crippen LogP contribution in [0, 0.1) is 27.7 Å². The van der Waals surface area contributed by atoms with Gasteiger partial charge in [-0.15, -0.1) is 0 Å². The van der Waals surface area contributed by atoms with Gasteiger partial charge in [-0.2, -0.15) is 0 Å². The summed E-state index contributed by atoms with van der Waals surface area (Å²) in [5.41, 5.74) is 8.43.